The number of carbonyl (C=O) groups excluding carboxylic acids is 1. The first-order valence-electron chi connectivity index (χ1n) is 8.58. The minimum atomic E-state index is -0.785. The number of hydrogen-bond donors (Lipinski definition) is 1. The number of hydrogen-bond acceptors (Lipinski definition) is 8. The largest absolute Gasteiger partial charge is 0.443 e. The highest BCUT2D eigenvalue weighted by atomic mass is 16.6. The molecular weight excluding hydrogens is 370 g/mol. The highest BCUT2D eigenvalue weighted by Gasteiger charge is 2.41. The number of pyridine rings is 1. The zero-order valence-electron chi connectivity index (χ0n) is 15.8. The van der Waals surface area contributed by atoms with Crippen molar-refractivity contribution in [3.05, 3.63) is 44.1 Å². The summed E-state index contributed by atoms with van der Waals surface area (Å²) >= 11 is 0. The second-order valence-corrected chi connectivity index (χ2v) is 7.31. The Morgan fingerprint density at radius 3 is 2.46 bits per heavy atom. The standard InChI is InChI=1S/C17H19N5O6/c1-5-10-9-6-7-18-14-11(21(24)25)8-12(22(26)27)15(13(9)14)20(10)19-16(23)28-17(2,3)4/h6-8,10H,5H2,1-4H3,(H,19,23). The van der Waals surface area contributed by atoms with E-state index in [9.17, 15) is 25.0 Å². The Morgan fingerprint density at radius 1 is 1.29 bits per heavy atom. The van der Waals surface area contributed by atoms with E-state index in [2.05, 4.69) is 10.4 Å². The number of hydrazine groups is 1. The van der Waals surface area contributed by atoms with Gasteiger partial charge in [-0.3, -0.25) is 25.2 Å². The monoisotopic (exact) mass is 389 g/mol. The van der Waals surface area contributed by atoms with Gasteiger partial charge in [-0.2, -0.15) is 0 Å². The van der Waals surface area contributed by atoms with Crippen LogP contribution in [0.1, 0.15) is 45.7 Å². The highest BCUT2D eigenvalue weighted by molar-refractivity contribution is 6.07. The Kier molecular flexibility index (Phi) is 4.53. The Morgan fingerprint density at radius 2 is 1.93 bits per heavy atom. The molecule has 28 heavy (non-hydrogen) atoms. The van der Waals surface area contributed by atoms with Crippen LogP contribution in [0.2, 0.25) is 0 Å². The number of nitrogens with one attached hydrogen (secondary N) is 1. The number of anilines is 1. The van der Waals surface area contributed by atoms with Gasteiger partial charge in [-0.1, -0.05) is 6.92 Å². The summed E-state index contributed by atoms with van der Waals surface area (Å²) in [6, 6.07) is 2.05. The zero-order chi connectivity index (χ0) is 20.8. The van der Waals surface area contributed by atoms with E-state index in [1.54, 1.807) is 26.8 Å². The molecule has 2 heterocycles. The first kappa shape index (κ1) is 19.3. The molecule has 0 radical (unpaired) electrons. The van der Waals surface area contributed by atoms with Gasteiger partial charge in [0.05, 0.1) is 22.0 Å². The molecule has 0 aliphatic carbocycles. The van der Waals surface area contributed by atoms with Crippen LogP contribution in [0.4, 0.5) is 21.9 Å². The number of ether oxygens (including phenoxy) is 1. The summed E-state index contributed by atoms with van der Waals surface area (Å²) in [6.45, 7) is 6.92. The summed E-state index contributed by atoms with van der Waals surface area (Å²) in [4.78, 5) is 38.1. The van der Waals surface area contributed by atoms with Crippen LogP contribution in [0.25, 0.3) is 10.9 Å². The van der Waals surface area contributed by atoms with E-state index in [1.165, 1.54) is 11.2 Å². The molecule has 1 aromatic carbocycles. The first-order valence-corrected chi connectivity index (χ1v) is 8.58. The van der Waals surface area contributed by atoms with E-state index in [1.807, 2.05) is 6.92 Å². The number of amides is 1. The maximum absolute atomic E-state index is 12.3. The van der Waals surface area contributed by atoms with Crippen LogP contribution in [-0.4, -0.2) is 26.5 Å². The third-order valence-electron chi connectivity index (χ3n) is 4.28. The topological polar surface area (TPSA) is 141 Å². The third kappa shape index (κ3) is 3.15. The van der Waals surface area contributed by atoms with E-state index < -0.39 is 39.0 Å². The lowest BCUT2D eigenvalue weighted by Gasteiger charge is -2.29. The highest BCUT2D eigenvalue weighted by Crippen LogP contribution is 2.51. The van der Waals surface area contributed by atoms with Gasteiger partial charge in [0.15, 0.2) is 5.52 Å². The van der Waals surface area contributed by atoms with Crippen molar-refractivity contribution in [1.29, 1.82) is 0 Å². The molecule has 1 aliphatic rings. The van der Waals surface area contributed by atoms with Crippen LogP contribution < -0.4 is 10.4 Å². The fourth-order valence-corrected chi connectivity index (χ4v) is 3.34. The number of benzene rings is 1. The van der Waals surface area contributed by atoms with E-state index in [4.69, 9.17) is 4.74 Å². The van der Waals surface area contributed by atoms with Crippen LogP contribution in [0.15, 0.2) is 18.3 Å². The molecule has 0 fully saturated rings. The van der Waals surface area contributed by atoms with Crippen molar-refractivity contribution in [3.63, 3.8) is 0 Å². The second-order valence-electron chi connectivity index (χ2n) is 7.31. The van der Waals surface area contributed by atoms with Gasteiger partial charge in [0.2, 0.25) is 0 Å². The van der Waals surface area contributed by atoms with Crippen LogP contribution in [0.3, 0.4) is 0 Å². The Balaban J connectivity index is 2.23. The number of rotatable bonds is 4. The second kappa shape index (κ2) is 6.59. The van der Waals surface area contributed by atoms with Crippen molar-refractivity contribution in [3.8, 4) is 0 Å². The zero-order valence-corrected chi connectivity index (χ0v) is 15.8. The molecule has 1 N–H and O–H groups in total. The van der Waals surface area contributed by atoms with E-state index >= 15 is 0 Å². The summed E-state index contributed by atoms with van der Waals surface area (Å²) in [5.74, 6) is 0. The van der Waals surface area contributed by atoms with Gasteiger partial charge in [-0.15, -0.1) is 0 Å². The molecule has 1 aromatic heterocycles. The minimum Gasteiger partial charge on any atom is -0.443 e. The third-order valence-corrected chi connectivity index (χ3v) is 4.28. The Hall–Kier alpha value is -3.50. The number of nitro groups is 2. The molecule has 1 atom stereocenters. The molecule has 11 nitrogen and oxygen atoms in total. The SMILES string of the molecule is CCC1c2ccnc3c([N+](=O)[O-])cc([N+](=O)[O-])c(c23)N1NC(=O)OC(C)(C)C. The van der Waals surface area contributed by atoms with Crippen molar-refractivity contribution in [2.75, 3.05) is 5.01 Å². The van der Waals surface area contributed by atoms with Gasteiger partial charge in [-0.05, 0) is 38.8 Å². The van der Waals surface area contributed by atoms with Crippen LogP contribution in [-0.2, 0) is 4.74 Å². The van der Waals surface area contributed by atoms with Crippen LogP contribution in [0.5, 0.6) is 0 Å². The molecular formula is C17H19N5O6. The van der Waals surface area contributed by atoms with Crippen molar-refractivity contribution in [2.24, 2.45) is 0 Å². The molecule has 0 saturated carbocycles. The lowest BCUT2D eigenvalue weighted by Crippen LogP contribution is -2.45. The molecule has 1 aliphatic heterocycles. The molecule has 11 heteroatoms. The molecule has 0 spiro atoms. The Labute approximate surface area is 159 Å². The summed E-state index contributed by atoms with van der Waals surface area (Å²) in [5, 5.41) is 24.7. The summed E-state index contributed by atoms with van der Waals surface area (Å²) in [5.41, 5.74) is 1.56. The molecule has 1 unspecified atom stereocenters. The average molecular weight is 389 g/mol. The fourth-order valence-electron chi connectivity index (χ4n) is 3.34. The number of nitro benzene ring substituents is 2. The van der Waals surface area contributed by atoms with Gasteiger partial charge in [-0.25, -0.2) is 15.2 Å². The minimum absolute atomic E-state index is 0.0371. The molecule has 148 valence electrons. The van der Waals surface area contributed by atoms with Gasteiger partial charge in [0.25, 0.3) is 0 Å². The van der Waals surface area contributed by atoms with Gasteiger partial charge in [0.1, 0.15) is 11.3 Å². The summed E-state index contributed by atoms with van der Waals surface area (Å²) in [7, 11) is 0. The number of non-ortho nitro benzene ring substituents is 1. The van der Waals surface area contributed by atoms with Gasteiger partial charge < -0.3 is 4.74 Å². The number of carbonyl (C=O) groups is 1. The van der Waals surface area contributed by atoms with Crippen molar-refractivity contribution < 1.29 is 19.4 Å². The van der Waals surface area contributed by atoms with Crippen LogP contribution in [0, 0.1) is 20.2 Å². The van der Waals surface area contributed by atoms with Gasteiger partial charge >= 0.3 is 17.5 Å². The van der Waals surface area contributed by atoms with Crippen molar-refractivity contribution in [1.82, 2.24) is 10.4 Å². The number of nitrogens with zero attached hydrogens (tertiary/aromatic N) is 4. The van der Waals surface area contributed by atoms with Crippen LogP contribution >= 0.6 is 0 Å². The number of aromatic nitrogens is 1. The summed E-state index contributed by atoms with van der Waals surface area (Å²) in [6.07, 6.45) is 1.11. The smallest absolute Gasteiger partial charge is 0.426 e. The molecule has 2 aromatic rings. The lowest BCUT2D eigenvalue weighted by atomic mass is 10.0. The maximum Gasteiger partial charge on any atom is 0.426 e. The Bertz CT molecular complexity index is 1000. The van der Waals surface area contributed by atoms with Gasteiger partial charge in [0, 0.05) is 11.6 Å². The van der Waals surface area contributed by atoms with E-state index in [0.717, 1.165) is 6.07 Å². The predicted molar refractivity (Wildman–Crippen MR) is 99.9 cm³/mol. The summed E-state index contributed by atoms with van der Waals surface area (Å²) < 4.78 is 5.26. The fraction of sp³-hybridized carbons (Fsp3) is 0.412. The van der Waals surface area contributed by atoms with Crippen molar-refractivity contribution in [2.45, 2.75) is 45.8 Å². The quantitative estimate of drug-likeness (QED) is 0.615. The van der Waals surface area contributed by atoms with E-state index in [0.29, 0.717) is 12.0 Å². The molecule has 0 saturated heterocycles. The normalized spacial score (nSPS) is 15.6. The molecule has 0 bridgehead atoms. The molecule has 3 rings (SSSR count). The average Bonchev–Trinajstić information content (AvgIpc) is 2.88. The molecule has 1 amide bonds. The van der Waals surface area contributed by atoms with E-state index in [-0.39, 0.29) is 16.6 Å². The maximum atomic E-state index is 12.3. The van der Waals surface area contributed by atoms with Crippen molar-refractivity contribution >= 4 is 34.1 Å². The lowest BCUT2D eigenvalue weighted by molar-refractivity contribution is -0.392. The predicted octanol–water partition coefficient (Wildman–Crippen LogP) is 3.76. The first-order chi connectivity index (χ1) is 13.0.